The normalized spacial score (nSPS) is 11.0. The van der Waals surface area contributed by atoms with E-state index in [2.05, 4.69) is 0 Å². The summed E-state index contributed by atoms with van der Waals surface area (Å²) in [6.45, 7) is 0. The van der Waals surface area contributed by atoms with Crippen LogP contribution >= 0.6 is 11.6 Å². The molecule has 3 aromatic rings. The number of halogens is 1. The first kappa shape index (κ1) is 19.3. The SMILES string of the molecule is O=C/C=C(/Cl)c1ccc(Oc2ccc(C(=O)C(=O)c3ccccc3)cc2)cc1. The maximum Gasteiger partial charge on any atom is 0.233 e. The molecule has 0 fully saturated rings. The molecule has 0 N–H and O–H groups in total. The number of Topliss-reactive ketones (excluding diaryl/α,β-unsaturated/α-hetero) is 2. The molecule has 5 heteroatoms. The summed E-state index contributed by atoms with van der Waals surface area (Å²) in [6.07, 6.45) is 1.89. The van der Waals surface area contributed by atoms with Gasteiger partial charge in [0, 0.05) is 11.1 Å². The van der Waals surface area contributed by atoms with Gasteiger partial charge in [-0.1, -0.05) is 41.9 Å². The number of hydrogen-bond acceptors (Lipinski definition) is 4. The predicted octanol–water partition coefficient (Wildman–Crippen LogP) is 5.32. The minimum absolute atomic E-state index is 0.294. The number of aldehydes is 1. The standard InChI is InChI=1S/C23H15ClO4/c24-21(14-15-25)16-6-10-19(11-7-16)28-20-12-8-18(9-13-20)23(27)22(26)17-4-2-1-3-5-17/h1-15H/b21-14+. The van der Waals surface area contributed by atoms with Crippen molar-refractivity contribution in [3.63, 3.8) is 0 Å². The maximum atomic E-state index is 12.3. The Morgan fingerprint density at radius 2 is 1.14 bits per heavy atom. The maximum absolute atomic E-state index is 12.3. The summed E-state index contributed by atoms with van der Waals surface area (Å²) < 4.78 is 5.72. The summed E-state index contributed by atoms with van der Waals surface area (Å²) in [5.74, 6) is -0.0337. The molecule has 0 bridgehead atoms. The molecule has 0 unspecified atom stereocenters. The summed E-state index contributed by atoms with van der Waals surface area (Å²) in [5, 5.41) is 0.340. The largest absolute Gasteiger partial charge is 0.457 e. The molecule has 4 nitrogen and oxygen atoms in total. The van der Waals surface area contributed by atoms with Crippen LogP contribution in [0.3, 0.4) is 0 Å². The minimum Gasteiger partial charge on any atom is -0.457 e. The Balaban J connectivity index is 1.69. The fourth-order valence-electron chi connectivity index (χ4n) is 2.50. The molecule has 0 radical (unpaired) electrons. The van der Waals surface area contributed by atoms with Gasteiger partial charge < -0.3 is 4.74 Å². The quantitative estimate of drug-likeness (QED) is 0.237. The minimum atomic E-state index is -0.571. The molecule has 138 valence electrons. The van der Waals surface area contributed by atoms with E-state index in [-0.39, 0.29) is 0 Å². The molecule has 0 aliphatic carbocycles. The van der Waals surface area contributed by atoms with E-state index >= 15 is 0 Å². The Kier molecular flexibility index (Phi) is 6.14. The van der Waals surface area contributed by atoms with Crippen LogP contribution in [0.5, 0.6) is 11.5 Å². The van der Waals surface area contributed by atoms with E-state index in [9.17, 15) is 14.4 Å². The van der Waals surface area contributed by atoms with E-state index in [1.165, 1.54) is 6.08 Å². The third kappa shape index (κ3) is 4.61. The first-order valence-electron chi connectivity index (χ1n) is 8.42. The molecule has 0 aromatic heterocycles. The average molecular weight is 391 g/mol. The molecule has 0 amide bonds. The van der Waals surface area contributed by atoms with Crippen molar-refractivity contribution in [3.8, 4) is 11.5 Å². The van der Waals surface area contributed by atoms with Gasteiger partial charge in [0.2, 0.25) is 11.6 Å². The van der Waals surface area contributed by atoms with Crippen LogP contribution in [0.25, 0.3) is 5.03 Å². The number of rotatable bonds is 7. The number of carbonyl (C=O) groups is 3. The van der Waals surface area contributed by atoms with Crippen molar-refractivity contribution in [1.29, 1.82) is 0 Å². The van der Waals surface area contributed by atoms with Crippen LogP contribution < -0.4 is 4.74 Å². The Hall–Kier alpha value is -3.50. The summed E-state index contributed by atoms with van der Waals surface area (Å²) >= 11 is 5.97. The van der Waals surface area contributed by atoms with Crippen molar-refractivity contribution in [2.45, 2.75) is 0 Å². The van der Waals surface area contributed by atoms with E-state index < -0.39 is 11.6 Å². The molecule has 0 aliphatic rings. The highest BCUT2D eigenvalue weighted by molar-refractivity contribution is 6.50. The van der Waals surface area contributed by atoms with E-state index in [0.29, 0.717) is 39.5 Å². The van der Waals surface area contributed by atoms with Crippen LogP contribution in [0.2, 0.25) is 0 Å². The van der Waals surface area contributed by atoms with Gasteiger partial charge in [0.05, 0.1) is 5.03 Å². The van der Waals surface area contributed by atoms with Crippen LogP contribution in [0.1, 0.15) is 26.3 Å². The van der Waals surface area contributed by atoms with Crippen LogP contribution in [-0.4, -0.2) is 17.9 Å². The fourth-order valence-corrected chi connectivity index (χ4v) is 2.68. The van der Waals surface area contributed by atoms with Gasteiger partial charge in [-0.25, -0.2) is 0 Å². The van der Waals surface area contributed by atoms with Crippen molar-refractivity contribution >= 4 is 34.5 Å². The lowest BCUT2D eigenvalue weighted by atomic mass is 10.0. The van der Waals surface area contributed by atoms with E-state index in [1.807, 2.05) is 0 Å². The van der Waals surface area contributed by atoms with Crippen molar-refractivity contribution < 1.29 is 19.1 Å². The van der Waals surface area contributed by atoms with Crippen LogP contribution in [-0.2, 0) is 4.79 Å². The smallest absolute Gasteiger partial charge is 0.233 e. The Morgan fingerprint density at radius 3 is 1.64 bits per heavy atom. The highest BCUT2D eigenvalue weighted by Crippen LogP contribution is 2.25. The monoisotopic (exact) mass is 390 g/mol. The molecule has 3 aromatic carbocycles. The summed E-state index contributed by atoms with van der Waals surface area (Å²) in [7, 11) is 0. The number of ketones is 2. The number of ether oxygens (including phenoxy) is 1. The number of carbonyl (C=O) groups excluding carboxylic acids is 3. The first-order valence-corrected chi connectivity index (χ1v) is 8.79. The van der Waals surface area contributed by atoms with Crippen molar-refractivity contribution in [2.75, 3.05) is 0 Å². The van der Waals surface area contributed by atoms with Gasteiger partial charge in [0.15, 0.2) is 0 Å². The summed E-state index contributed by atoms with van der Waals surface area (Å²) in [5.41, 5.74) is 1.35. The zero-order valence-corrected chi connectivity index (χ0v) is 15.4. The van der Waals surface area contributed by atoms with Gasteiger partial charge >= 0.3 is 0 Å². The Labute approximate surface area is 167 Å². The number of allylic oxidation sites excluding steroid dienone is 1. The zero-order valence-electron chi connectivity index (χ0n) is 14.7. The second-order valence-electron chi connectivity index (χ2n) is 5.83. The van der Waals surface area contributed by atoms with Crippen molar-refractivity contribution in [3.05, 3.63) is 102 Å². The first-order chi connectivity index (χ1) is 13.6. The van der Waals surface area contributed by atoms with Gasteiger partial charge in [0.1, 0.15) is 17.8 Å². The lowest BCUT2D eigenvalue weighted by Crippen LogP contribution is -2.14. The van der Waals surface area contributed by atoms with Crippen LogP contribution in [0.4, 0.5) is 0 Å². The second kappa shape index (κ2) is 8.93. The molecule has 0 spiro atoms. The van der Waals surface area contributed by atoms with Gasteiger partial charge in [-0.05, 0) is 60.2 Å². The second-order valence-corrected chi connectivity index (χ2v) is 6.23. The highest BCUT2D eigenvalue weighted by atomic mass is 35.5. The van der Waals surface area contributed by atoms with E-state index in [1.54, 1.807) is 78.9 Å². The highest BCUT2D eigenvalue weighted by Gasteiger charge is 2.17. The fraction of sp³-hybridized carbons (Fsp3) is 0. The Bertz CT molecular complexity index is 1020. The summed E-state index contributed by atoms with van der Waals surface area (Å²) in [4.78, 5) is 35.0. The van der Waals surface area contributed by atoms with Gasteiger partial charge in [0.25, 0.3) is 0 Å². The molecule has 0 saturated heterocycles. The Morgan fingerprint density at radius 1 is 0.679 bits per heavy atom. The van der Waals surface area contributed by atoms with Gasteiger partial charge in [-0.2, -0.15) is 0 Å². The third-order valence-corrected chi connectivity index (χ3v) is 4.28. The lowest BCUT2D eigenvalue weighted by Gasteiger charge is -2.07. The van der Waals surface area contributed by atoms with E-state index in [0.717, 1.165) is 0 Å². The molecular formula is C23H15ClO4. The average Bonchev–Trinajstić information content (AvgIpc) is 2.74. The molecule has 0 saturated carbocycles. The number of benzene rings is 3. The molecule has 0 aliphatic heterocycles. The van der Waals surface area contributed by atoms with Gasteiger partial charge in [-0.3, -0.25) is 14.4 Å². The van der Waals surface area contributed by atoms with Crippen molar-refractivity contribution in [2.24, 2.45) is 0 Å². The molecule has 3 rings (SSSR count). The lowest BCUT2D eigenvalue weighted by molar-refractivity contribution is -0.104. The van der Waals surface area contributed by atoms with Gasteiger partial charge in [-0.15, -0.1) is 0 Å². The molecule has 28 heavy (non-hydrogen) atoms. The van der Waals surface area contributed by atoms with Crippen LogP contribution in [0.15, 0.2) is 84.9 Å². The summed E-state index contributed by atoms with van der Waals surface area (Å²) in [6, 6.07) is 21.7. The molecule has 0 heterocycles. The number of hydrogen-bond donors (Lipinski definition) is 0. The van der Waals surface area contributed by atoms with Crippen LogP contribution in [0, 0.1) is 0 Å². The third-order valence-electron chi connectivity index (χ3n) is 3.94. The predicted molar refractivity (Wildman–Crippen MR) is 108 cm³/mol. The molecule has 0 atom stereocenters. The topological polar surface area (TPSA) is 60.4 Å². The molecular weight excluding hydrogens is 376 g/mol. The van der Waals surface area contributed by atoms with Crippen molar-refractivity contribution in [1.82, 2.24) is 0 Å². The van der Waals surface area contributed by atoms with E-state index in [4.69, 9.17) is 16.3 Å². The zero-order chi connectivity index (χ0) is 19.9.